The number of amides is 1. The monoisotopic (exact) mass is 448 g/mol. The Kier molecular flexibility index (Phi) is 4.54. The molecule has 1 amide bonds. The third-order valence-corrected chi connectivity index (χ3v) is 4.03. The molecule has 0 spiro atoms. The molecule has 0 atom stereocenters. The Morgan fingerprint density at radius 3 is 2.68 bits per heavy atom. The van der Waals surface area contributed by atoms with E-state index in [-0.39, 0.29) is 5.91 Å². The number of carbonyl (C=O) groups is 1. The van der Waals surface area contributed by atoms with E-state index >= 15 is 0 Å². The van der Waals surface area contributed by atoms with Crippen molar-refractivity contribution in [3.05, 3.63) is 43.6 Å². The lowest BCUT2D eigenvalue weighted by Crippen LogP contribution is -2.15. The van der Waals surface area contributed by atoms with Gasteiger partial charge < -0.3 is 11.1 Å². The maximum atomic E-state index is 12.1. The van der Waals surface area contributed by atoms with Crippen molar-refractivity contribution in [3.63, 3.8) is 0 Å². The molecule has 0 aliphatic rings. The van der Waals surface area contributed by atoms with Gasteiger partial charge in [-0.25, -0.2) is 9.97 Å². The van der Waals surface area contributed by atoms with Gasteiger partial charge in [0, 0.05) is 5.69 Å². The van der Waals surface area contributed by atoms with Crippen LogP contribution in [0.3, 0.4) is 0 Å². The number of benzene rings is 1. The first-order chi connectivity index (χ1) is 8.99. The first-order valence-electron chi connectivity index (χ1n) is 5.02. The number of rotatable bonds is 2. The van der Waals surface area contributed by atoms with Gasteiger partial charge in [0.25, 0.3) is 5.91 Å². The number of nitrogens with two attached hydrogens (primary N) is 1. The third kappa shape index (κ3) is 3.31. The van der Waals surface area contributed by atoms with Crippen LogP contribution in [0.5, 0.6) is 0 Å². The van der Waals surface area contributed by atoms with Gasteiger partial charge in [-0.15, -0.1) is 0 Å². The lowest BCUT2D eigenvalue weighted by Gasteiger charge is -2.08. The number of nitrogens with zero attached hydrogens (tertiary/aromatic N) is 2. The molecule has 2 aromatic rings. The number of nitrogen functional groups attached to an aromatic ring is 1. The number of aromatic nitrogens is 2. The number of hydrogen-bond acceptors (Lipinski definition) is 4. The molecular weight excluding hydrogens is 444 g/mol. The van der Waals surface area contributed by atoms with Crippen LogP contribution in [-0.4, -0.2) is 15.9 Å². The maximum Gasteiger partial charge on any atom is 0.258 e. The van der Waals surface area contributed by atoms with Crippen LogP contribution in [0.2, 0.25) is 0 Å². The second-order valence-corrected chi connectivity index (χ2v) is 5.85. The van der Waals surface area contributed by atoms with Gasteiger partial charge in [0.15, 0.2) is 5.82 Å². The van der Waals surface area contributed by atoms with Gasteiger partial charge in [-0.2, -0.15) is 0 Å². The summed E-state index contributed by atoms with van der Waals surface area (Å²) in [5, 5.41) is 2.66. The fraction of sp³-hybridized carbons (Fsp3) is 0. The first-order valence-corrected chi connectivity index (χ1v) is 7.40. The predicted octanol–water partition coefficient (Wildman–Crippen LogP) is 3.60. The molecule has 8 heteroatoms. The van der Waals surface area contributed by atoms with Gasteiger partial charge in [-0.1, -0.05) is 6.07 Å². The van der Waals surface area contributed by atoms with Crippen LogP contribution >= 0.6 is 47.8 Å². The lowest BCUT2D eigenvalue weighted by atomic mass is 10.2. The van der Waals surface area contributed by atoms with Crippen molar-refractivity contribution in [1.82, 2.24) is 9.97 Å². The summed E-state index contributed by atoms with van der Waals surface area (Å²) in [5.41, 5.74) is 6.65. The standard InChI is InChI=1S/C11H7Br3N4O/c12-7-4-16-10(9(14)17-7)18-11(19)5-2-1-3-6(15)8(5)13/h1-4H,15H2,(H,16,18,19). The highest BCUT2D eigenvalue weighted by atomic mass is 79.9. The van der Waals surface area contributed by atoms with Crippen LogP contribution in [0.1, 0.15) is 10.4 Å². The van der Waals surface area contributed by atoms with E-state index in [2.05, 4.69) is 63.1 Å². The summed E-state index contributed by atoms with van der Waals surface area (Å²) in [6.45, 7) is 0. The Morgan fingerprint density at radius 2 is 2.00 bits per heavy atom. The molecule has 0 saturated carbocycles. The van der Waals surface area contributed by atoms with E-state index < -0.39 is 0 Å². The minimum absolute atomic E-state index is 0.323. The summed E-state index contributed by atoms with van der Waals surface area (Å²) in [4.78, 5) is 20.3. The summed E-state index contributed by atoms with van der Waals surface area (Å²) in [6.07, 6.45) is 1.49. The number of nitrogens with one attached hydrogen (secondary N) is 1. The number of carbonyl (C=O) groups excluding carboxylic acids is 1. The van der Waals surface area contributed by atoms with Crippen molar-refractivity contribution >= 4 is 65.2 Å². The molecule has 0 bridgehead atoms. The number of anilines is 2. The van der Waals surface area contributed by atoms with Crippen LogP contribution in [0, 0.1) is 0 Å². The molecule has 0 fully saturated rings. The highest BCUT2D eigenvalue weighted by molar-refractivity contribution is 9.11. The van der Waals surface area contributed by atoms with Gasteiger partial charge in [-0.05, 0) is 59.9 Å². The second-order valence-electron chi connectivity index (χ2n) is 3.50. The molecule has 1 aromatic heterocycles. The smallest absolute Gasteiger partial charge is 0.258 e. The Balaban J connectivity index is 2.28. The molecule has 0 unspecified atom stereocenters. The molecule has 0 aliphatic heterocycles. The maximum absolute atomic E-state index is 12.1. The van der Waals surface area contributed by atoms with Crippen molar-refractivity contribution in [2.45, 2.75) is 0 Å². The van der Waals surface area contributed by atoms with Crippen molar-refractivity contribution in [2.24, 2.45) is 0 Å². The topological polar surface area (TPSA) is 80.9 Å². The van der Waals surface area contributed by atoms with Crippen LogP contribution < -0.4 is 11.1 Å². The van der Waals surface area contributed by atoms with E-state index in [4.69, 9.17) is 5.73 Å². The Bertz CT molecular complexity index is 648. The van der Waals surface area contributed by atoms with E-state index in [0.29, 0.717) is 30.7 Å². The van der Waals surface area contributed by atoms with Crippen molar-refractivity contribution in [2.75, 3.05) is 11.1 Å². The lowest BCUT2D eigenvalue weighted by molar-refractivity contribution is 0.102. The minimum atomic E-state index is -0.323. The summed E-state index contributed by atoms with van der Waals surface area (Å²) in [5.74, 6) is 0.0130. The zero-order valence-corrected chi connectivity index (χ0v) is 14.1. The highest BCUT2D eigenvalue weighted by Gasteiger charge is 2.14. The van der Waals surface area contributed by atoms with Crippen molar-refractivity contribution < 1.29 is 4.79 Å². The normalized spacial score (nSPS) is 10.3. The summed E-state index contributed by atoms with van der Waals surface area (Å²) >= 11 is 9.70. The largest absolute Gasteiger partial charge is 0.398 e. The molecule has 0 saturated heterocycles. The van der Waals surface area contributed by atoms with Gasteiger partial charge >= 0.3 is 0 Å². The average Bonchev–Trinajstić information content (AvgIpc) is 2.36. The Morgan fingerprint density at radius 1 is 1.26 bits per heavy atom. The third-order valence-electron chi connectivity index (χ3n) is 2.21. The Hall–Kier alpha value is -0.990. The molecule has 0 radical (unpaired) electrons. The molecule has 3 N–H and O–H groups in total. The molecular formula is C11H7Br3N4O. The van der Waals surface area contributed by atoms with Crippen LogP contribution in [-0.2, 0) is 0 Å². The van der Waals surface area contributed by atoms with Crippen molar-refractivity contribution in [1.29, 1.82) is 0 Å². The number of hydrogen-bond donors (Lipinski definition) is 2. The quantitative estimate of drug-likeness (QED) is 0.685. The van der Waals surface area contributed by atoms with E-state index in [1.54, 1.807) is 18.2 Å². The van der Waals surface area contributed by atoms with Gasteiger partial charge in [0.05, 0.1) is 16.2 Å². The fourth-order valence-corrected chi connectivity index (χ4v) is 2.69. The highest BCUT2D eigenvalue weighted by Crippen LogP contribution is 2.25. The molecule has 19 heavy (non-hydrogen) atoms. The van der Waals surface area contributed by atoms with E-state index in [9.17, 15) is 4.79 Å². The van der Waals surface area contributed by atoms with Crippen molar-refractivity contribution in [3.8, 4) is 0 Å². The first kappa shape index (κ1) is 14.4. The summed E-state index contributed by atoms with van der Waals surface area (Å²) in [7, 11) is 0. The molecule has 0 aliphatic carbocycles. The second kappa shape index (κ2) is 5.98. The zero-order chi connectivity index (χ0) is 14.0. The van der Waals surface area contributed by atoms with E-state index in [1.165, 1.54) is 6.20 Å². The van der Waals surface area contributed by atoms with E-state index in [1.807, 2.05) is 0 Å². The number of halogens is 3. The fourth-order valence-electron chi connectivity index (χ4n) is 1.33. The SMILES string of the molecule is Nc1cccc(C(=O)Nc2ncc(Br)nc2Br)c1Br. The minimum Gasteiger partial charge on any atom is -0.398 e. The molecule has 5 nitrogen and oxygen atoms in total. The van der Waals surface area contributed by atoms with Gasteiger partial charge in [0.2, 0.25) is 0 Å². The Labute approximate surface area is 134 Å². The van der Waals surface area contributed by atoms with Crippen LogP contribution in [0.25, 0.3) is 0 Å². The zero-order valence-electron chi connectivity index (χ0n) is 9.32. The summed E-state index contributed by atoms with van der Waals surface area (Å²) < 4.78 is 1.56. The van der Waals surface area contributed by atoms with Gasteiger partial charge in [0.1, 0.15) is 9.21 Å². The van der Waals surface area contributed by atoms with Crippen LogP contribution in [0.4, 0.5) is 11.5 Å². The average molecular weight is 451 g/mol. The van der Waals surface area contributed by atoms with Crippen LogP contribution in [0.15, 0.2) is 38.1 Å². The van der Waals surface area contributed by atoms with E-state index in [0.717, 1.165) is 0 Å². The molecule has 1 heterocycles. The molecule has 98 valence electrons. The summed E-state index contributed by atoms with van der Waals surface area (Å²) in [6, 6.07) is 5.07. The predicted molar refractivity (Wildman–Crippen MR) is 83.9 cm³/mol. The van der Waals surface area contributed by atoms with Gasteiger partial charge in [-0.3, -0.25) is 4.79 Å². The molecule has 1 aromatic carbocycles. The molecule has 2 rings (SSSR count).